The summed E-state index contributed by atoms with van der Waals surface area (Å²) in [4.78, 5) is 28.5. The Morgan fingerprint density at radius 2 is 1.73 bits per heavy atom. The molecule has 0 N–H and O–H groups in total. The van der Waals surface area contributed by atoms with Crippen LogP contribution in [0.25, 0.3) is 0 Å². The molecule has 0 unspecified atom stereocenters. The molecule has 282 valence electrons. The number of allylic oxidation sites excluding steroid dienone is 2. The van der Waals surface area contributed by atoms with Crippen molar-refractivity contribution in [2.45, 2.75) is 48.9 Å². The van der Waals surface area contributed by atoms with E-state index in [0.717, 1.165) is 57.6 Å². The summed E-state index contributed by atoms with van der Waals surface area (Å²) in [6.07, 6.45) is 4.91. The molecule has 4 rings (SSSR count). The second-order valence-electron chi connectivity index (χ2n) is 13.2. The van der Waals surface area contributed by atoms with Gasteiger partial charge in [-0.3, -0.25) is 24.0 Å². The molecule has 0 radical (unpaired) electrons. The van der Waals surface area contributed by atoms with Gasteiger partial charge >= 0.3 is 22.8 Å². The fourth-order valence-electron chi connectivity index (χ4n) is 6.46. The highest BCUT2D eigenvalue weighted by molar-refractivity contribution is 7.91. The zero-order chi connectivity index (χ0) is 37.7. The highest BCUT2D eigenvalue weighted by atomic mass is 35.5. The average Bonchev–Trinajstić information content (AvgIpc) is 3.53. The van der Waals surface area contributed by atoms with Gasteiger partial charge in [-0.15, -0.1) is 18.2 Å². The largest absolute Gasteiger partial charge is 0.464 e. The number of piperazine rings is 1. The molecule has 2 aliphatic rings. The van der Waals surface area contributed by atoms with E-state index in [0.29, 0.717) is 24.3 Å². The van der Waals surface area contributed by atoms with Crippen LogP contribution in [0, 0.1) is 34.3 Å². The standard InChI is InChI=1S/C37H47ClN4O9S/c1-5-37(4)16-15-30(25-32(37)28(2)26-38)29(3)27-41-19-17-40(18-20-41)21-24-49-34(44)14-13-33(43)48-22-9-10-23-50-35-36(42(45)51-39-35)52(46,47)31-11-7-6-8-12-31/h5-8,11-12,30,32H,1-3,13-27H2,4H3/t30-,32+,37-/m1/s1. The Kier molecular flexibility index (Phi) is 14.9. The number of rotatable bonds is 17. The Hall–Kier alpha value is -4.16. The summed E-state index contributed by atoms with van der Waals surface area (Å²) < 4.78 is 45.5. The summed E-state index contributed by atoms with van der Waals surface area (Å²) in [5, 5.41) is 14.5. The predicted molar refractivity (Wildman–Crippen MR) is 193 cm³/mol. The summed E-state index contributed by atoms with van der Waals surface area (Å²) in [7, 11) is -4.26. The highest BCUT2D eigenvalue weighted by Gasteiger charge is 2.40. The van der Waals surface area contributed by atoms with Gasteiger partial charge in [-0.1, -0.05) is 67.3 Å². The zero-order valence-corrected chi connectivity index (χ0v) is 31.2. The van der Waals surface area contributed by atoms with E-state index in [1.807, 2.05) is 0 Å². The highest BCUT2D eigenvalue weighted by Crippen LogP contribution is 2.49. The van der Waals surface area contributed by atoms with Gasteiger partial charge in [0.1, 0.15) is 6.61 Å². The van der Waals surface area contributed by atoms with Crippen molar-refractivity contribution in [2.75, 3.05) is 65.0 Å². The quantitative estimate of drug-likeness (QED) is 0.0754. The van der Waals surface area contributed by atoms with Crippen molar-refractivity contribution in [3.63, 3.8) is 0 Å². The monoisotopic (exact) mass is 758 g/mol. The summed E-state index contributed by atoms with van der Waals surface area (Å²) >= 11 is 6.17. The van der Waals surface area contributed by atoms with Gasteiger partial charge in [0.05, 0.1) is 22.9 Å². The summed E-state index contributed by atoms with van der Waals surface area (Å²) in [5.74, 6) is 4.59. The van der Waals surface area contributed by atoms with E-state index in [1.54, 1.807) is 6.07 Å². The van der Waals surface area contributed by atoms with Crippen molar-refractivity contribution in [1.29, 1.82) is 0 Å². The number of hydrogen-bond donors (Lipinski definition) is 0. The maximum absolute atomic E-state index is 12.8. The fraction of sp³-hybridized carbons (Fsp3) is 0.514. The molecule has 15 heteroatoms. The van der Waals surface area contributed by atoms with Gasteiger partial charge < -0.3 is 19.4 Å². The van der Waals surface area contributed by atoms with Crippen molar-refractivity contribution in [1.82, 2.24) is 15.0 Å². The van der Waals surface area contributed by atoms with E-state index in [4.69, 9.17) is 25.8 Å². The molecule has 0 spiro atoms. The maximum atomic E-state index is 12.8. The summed E-state index contributed by atoms with van der Waals surface area (Å²) in [6, 6.07) is 7.26. The van der Waals surface area contributed by atoms with Crippen LogP contribution in [0.1, 0.15) is 39.0 Å². The van der Waals surface area contributed by atoms with Crippen LogP contribution >= 0.6 is 11.6 Å². The summed E-state index contributed by atoms with van der Waals surface area (Å²) in [6.45, 7) is 19.6. The van der Waals surface area contributed by atoms with Crippen LogP contribution in [0.15, 0.2) is 81.8 Å². The number of alkyl halides is 1. The fourth-order valence-corrected chi connectivity index (χ4v) is 7.94. The molecule has 1 aliphatic heterocycles. The number of halogens is 1. The topological polar surface area (TPSA) is 155 Å². The Bertz CT molecular complexity index is 1750. The lowest BCUT2D eigenvalue weighted by Crippen LogP contribution is -2.48. The van der Waals surface area contributed by atoms with Crippen LogP contribution in [0.4, 0.5) is 0 Å². The lowest BCUT2D eigenvalue weighted by molar-refractivity contribution is -0.832. The van der Waals surface area contributed by atoms with Crippen LogP contribution in [-0.2, 0) is 28.9 Å². The minimum Gasteiger partial charge on any atom is -0.464 e. The number of carbonyl (C=O) groups excluding carboxylic acids is 2. The molecule has 2 aromatic rings. The molecule has 3 atom stereocenters. The molecule has 1 saturated carbocycles. The van der Waals surface area contributed by atoms with E-state index >= 15 is 0 Å². The third-order valence-corrected chi connectivity index (χ3v) is 11.8. The van der Waals surface area contributed by atoms with Crippen molar-refractivity contribution >= 4 is 33.4 Å². The number of esters is 2. The second kappa shape index (κ2) is 19.1. The van der Waals surface area contributed by atoms with Crippen LogP contribution in [0.3, 0.4) is 0 Å². The third kappa shape index (κ3) is 10.9. The first kappa shape index (κ1) is 40.6. The van der Waals surface area contributed by atoms with Crippen molar-refractivity contribution < 1.29 is 41.7 Å². The molecular weight excluding hydrogens is 712 g/mol. The molecule has 0 amide bonds. The van der Waals surface area contributed by atoms with Crippen LogP contribution in [0.2, 0.25) is 0 Å². The Labute approximate surface area is 310 Å². The van der Waals surface area contributed by atoms with Crippen molar-refractivity contribution in [3.8, 4) is 17.7 Å². The molecule has 0 bridgehead atoms. The van der Waals surface area contributed by atoms with E-state index < -0.39 is 32.7 Å². The van der Waals surface area contributed by atoms with Gasteiger partial charge in [0.2, 0.25) is 0 Å². The van der Waals surface area contributed by atoms with E-state index in [2.05, 4.69) is 64.2 Å². The number of aromatic nitrogens is 2. The molecule has 52 heavy (non-hydrogen) atoms. The maximum Gasteiger partial charge on any atom is 0.415 e. The normalized spacial score (nSPS) is 21.0. The molecule has 1 aromatic heterocycles. The number of sulfone groups is 1. The molecule has 2 heterocycles. The molecular formula is C37H47ClN4O9S. The number of ether oxygens (including phenoxy) is 3. The van der Waals surface area contributed by atoms with Gasteiger partial charge in [0.15, 0.2) is 13.2 Å². The third-order valence-electron chi connectivity index (χ3n) is 9.72. The molecule has 2 fully saturated rings. The number of benzene rings is 1. The Balaban J connectivity index is 1.06. The average molecular weight is 759 g/mol. The molecule has 1 aromatic carbocycles. The first-order valence-electron chi connectivity index (χ1n) is 17.2. The number of carbonyl (C=O) groups is 2. The van der Waals surface area contributed by atoms with E-state index in [9.17, 15) is 23.2 Å². The predicted octanol–water partition coefficient (Wildman–Crippen LogP) is 3.97. The second-order valence-corrected chi connectivity index (χ2v) is 15.3. The van der Waals surface area contributed by atoms with Gasteiger partial charge in [-0.05, 0) is 53.5 Å². The van der Waals surface area contributed by atoms with Crippen molar-refractivity contribution in [2.24, 2.45) is 17.3 Å². The van der Waals surface area contributed by atoms with Gasteiger partial charge in [-0.25, -0.2) is 8.42 Å². The SMILES string of the molecule is C=C[C@]1(C)CC[C@@H](C(=C)CN2CCN(CCOC(=O)CCC(=O)OCC#CCOc3no[n+]([O-])c3S(=O)(=O)c3ccccc3)CC2)C[C@H]1C(=C)CCl. The molecule has 1 aliphatic carbocycles. The van der Waals surface area contributed by atoms with Gasteiger partial charge in [0.25, 0.3) is 9.84 Å². The number of hydrogen-bond acceptors (Lipinski definition) is 12. The first-order chi connectivity index (χ1) is 24.9. The first-order valence-corrected chi connectivity index (χ1v) is 19.2. The van der Waals surface area contributed by atoms with Crippen LogP contribution in [0.5, 0.6) is 5.88 Å². The zero-order valence-electron chi connectivity index (χ0n) is 29.6. The Morgan fingerprint density at radius 3 is 2.40 bits per heavy atom. The minimum absolute atomic E-state index is 0.0204. The van der Waals surface area contributed by atoms with Crippen LogP contribution < -0.4 is 9.64 Å². The van der Waals surface area contributed by atoms with Crippen LogP contribution in [-0.4, -0.2) is 100 Å². The lowest BCUT2D eigenvalue weighted by Gasteiger charge is -2.45. The van der Waals surface area contributed by atoms with Gasteiger partial charge in [0, 0.05) is 45.1 Å². The molecule has 1 saturated heterocycles. The molecule has 13 nitrogen and oxygen atoms in total. The van der Waals surface area contributed by atoms with E-state index in [1.165, 1.54) is 29.8 Å². The van der Waals surface area contributed by atoms with Gasteiger partial charge in [-0.2, -0.15) is 0 Å². The lowest BCUT2D eigenvalue weighted by atomic mass is 9.61. The smallest absolute Gasteiger partial charge is 0.415 e. The minimum atomic E-state index is -4.26. The summed E-state index contributed by atoms with van der Waals surface area (Å²) in [5.41, 5.74) is 2.35. The van der Waals surface area contributed by atoms with E-state index in [-0.39, 0.29) is 47.9 Å². The Morgan fingerprint density at radius 1 is 1.08 bits per heavy atom. The number of nitrogens with zero attached hydrogens (tertiary/aromatic N) is 4. The van der Waals surface area contributed by atoms with Crippen molar-refractivity contribution in [3.05, 3.63) is 72.5 Å².